The van der Waals surface area contributed by atoms with Crippen molar-refractivity contribution in [3.05, 3.63) is 75.2 Å². The number of hydrogen-bond donors (Lipinski definition) is 1. The van der Waals surface area contributed by atoms with Gasteiger partial charge >= 0.3 is 0 Å². The minimum Gasteiger partial charge on any atom is -0.347 e. The second-order valence-electron chi connectivity index (χ2n) is 5.87. The van der Waals surface area contributed by atoms with Crippen LogP contribution in [0.3, 0.4) is 0 Å². The lowest BCUT2D eigenvalue weighted by atomic mass is 10.2. The average Bonchev–Trinajstić information content (AvgIpc) is 2.97. The molecule has 5 nitrogen and oxygen atoms in total. The number of amides is 2. The highest BCUT2D eigenvalue weighted by Crippen LogP contribution is 2.40. The fourth-order valence-electron chi connectivity index (χ4n) is 2.62. The van der Waals surface area contributed by atoms with E-state index in [-0.39, 0.29) is 16.7 Å². The molecule has 2 aromatic rings. The van der Waals surface area contributed by atoms with Crippen molar-refractivity contribution in [2.75, 3.05) is 4.90 Å². The number of hydrogen-bond acceptors (Lipinski definition) is 4. The topological polar surface area (TPSA) is 73.2 Å². The normalized spacial score (nSPS) is 18.2. The highest BCUT2D eigenvalue weighted by molar-refractivity contribution is 9.10. The molecule has 0 bridgehead atoms. The number of benzene rings is 2. The van der Waals surface area contributed by atoms with Crippen LogP contribution in [-0.2, 0) is 16.1 Å². The largest absolute Gasteiger partial charge is 0.347 e. The van der Waals surface area contributed by atoms with Crippen molar-refractivity contribution in [2.45, 2.75) is 18.7 Å². The van der Waals surface area contributed by atoms with Gasteiger partial charge in [0.25, 0.3) is 5.91 Å². The maximum Gasteiger partial charge on any atom is 0.264 e. The van der Waals surface area contributed by atoms with Gasteiger partial charge in [0.15, 0.2) is 0 Å². The zero-order valence-corrected chi connectivity index (χ0v) is 16.9. The van der Waals surface area contributed by atoms with Crippen LogP contribution in [0.1, 0.15) is 12.5 Å². The molecule has 1 N–H and O–H groups in total. The van der Waals surface area contributed by atoms with Gasteiger partial charge in [0.2, 0.25) is 5.91 Å². The van der Waals surface area contributed by atoms with Gasteiger partial charge in [-0.05, 0) is 36.8 Å². The Labute approximate surface area is 170 Å². The first-order valence-corrected chi connectivity index (χ1v) is 9.91. The summed E-state index contributed by atoms with van der Waals surface area (Å²) in [6.45, 7) is 2.08. The van der Waals surface area contributed by atoms with Crippen molar-refractivity contribution in [1.29, 1.82) is 5.26 Å². The molecule has 1 unspecified atom stereocenters. The molecule has 1 fully saturated rings. The summed E-state index contributed by atoms with van der Waals surface area (Å²) >= 11 is 4.59. The van der Waals surface area contributed by atoms with Crippen LogP contribution < -0.4 is 10.2 Å². The summed E-state index contributed by atoms with van der Waals surface area (Å²) in [5, 5.41) is 12.4. The van der Waals surface area contributed by atoms with Gasteiger partial charge in [-0.2, -0.15) is 5.26 Å². The summed E-state index contributed by atoms with van der Waals surface area (Å²) in [5.74, 6) is -0.645. The molecule has 1 aliphatic rings. The molecule has 2 aromatic carbocycles. The van der Waals surface area contributed by atoms with Crippen LogP contribution in [0, 0.1) is 11.3 Å². The summed E-state index contributed by atoms with van der Waals surface area (Å²) in [4.78, 5) is 26.7. The molecule has 1 aliphatic heterocycles. The number of rotatable bonds is 4. The monoisotopic (exact) mass is 441 g/mol. The lowest BCUT2D eigenvalue weighted by Crippen LogP contribution is -2.30. The van der Waals surface area contributed by atoms with E-state index in [1.165, 1.54) is 16.7 Å². The third kappa shape index (κ3) is 4.24. The van der Waals surface area contributed by atoms with Crippen molar-refractivity contribution in [3.8, 4) is 6.07 Å². The van der Waals surface area contributed by atoms with Gasteiger partial charge in [0.1, 0.15) is 16.7 Å². The first-order valence-electron chi connectivity index (χ1n) is 8.24. The standard InChI is InChI=1S/C20H16BrN3O2S/c1-13-19(26)24(16-9-7-15(21)8-10-16)20(27-13)17(11-22)18(25)23-12-14-5-3-2-4-6-14/h2-10,13H,12H2,1H3,(H,23,25)/b20-17+. The second kappa shape index (κ2) is 8.42. The fraction of sp³-hybridized carbons (Fsp3) is 0.150. The van der Waals surface area contributed by atoms with E-state index in [1.54, 1.807) is 19.1 Å². The minimum absolute atomic E-state index is 0.0588. The minimum atomic E-state index is -0.493. The number of nitriles is 1. The molecule has 0 aromatic heterocycles. The zero-order valence-electron chi connectivity index (χ0n) is 14.5. The van der Waals surface area contributed by atoms with E-state index in [9.17, 15) is 14.9 Å². The zero-order chi connectivity index (χ0) is 19.4. The number of halogens is 1. The Kier molecular flexibility index (Phi) is 5.99. The summed E-state index contributed by atoms with van der Waals surface area (Å²) in [7, 11) is 0. The fourth-order valence-corrected chi connectivity index (χ4v) is 3.98. The Bertz CT molecular complexity index is 936. The summed E-state index contributed by atoms with van der Waals surface area (Å²) in [5.41, 5.74) is 1.50. The van der Waals surface area contributed by atoms with Crippen LogP contribution in [0.4, 0.5) is 5.69 Å². The van der Waals surface area contributed by atoms with Gasteiger partial charge in [-0.3, -0.25) is 14.5 Å². The molecule has 0 spiro atoms. The third-order valence-corrected chi connectivity index (χ3v) is 5.69. The van der Waals surface area contributed by atoms with Gasteiger partial charge in [0.05, 0.1) is 5.25 Å². The van der Waals surface area contributed by atoms with E-state index < -0.39 is 5.91 Å². The van der Waals surface area contributed by atoms with Gasteiger partial charge < -0.3 is 5.32 Å². The van der Waals surface area contributed by atoms with Crippen molar-refractivity contribution in [2.24, 2.45) is 0 Å². The molecule has 136 valence electrons. The van der Waals surface area contributed by atoms with Crippen molar-refractivity contribution in [3.63, 3.8) is 0 Å². The molecular weight excluding hydrogens is 426 g/mol. The molecule has 0 radical (unpaired) electrons. The summed E-state index contributed by atoms with van der Waals surface area (Å²) < 4.78 is 0.880. The lowest BCUT2D eigenvalue weighted by Gasteiger charge is -2.18. The molecule has 0 aliphatic carbocycles. The predicted octanol–water partition coefficient (Wildman–Crippen LogP) is 3.97. The van der Waals surface area contributed by atoms with Gasteiger partial charge in [-0.15, -0.1) is 0 Å². The van der Waals surface area contributed by atoms with Crippen molar-refractivity contribution < 1.29 is 9.59 Å². The molecule has 3 rings (SSSR count). The Balaban J connectivity index is 1.91. The number of anilines is 1. The Morgan fingerprint density at radius 2 is 1.89 bits per heavy atom. The quantitative estimate of drug-likeness (QED) is 0.575. The number of nitrogens with one attached hydrogen (secondary N) is 1. The van der Waals surface area contributed by atoms with Gasteiger partial charge in [-0.1, -0.05) is 58.0 Å². The van der Waals surface area contributed by atoms with Crippen molar-refractivity contribution >= 4 is 45.2 Å². The predicted molar refractivity (Wildman–Crippen MR) is 110 cm³/mol. The first kappa shape index (κ1) is 19.2. The smallest absolute Gasteiger partial charge is 0.264 e. The van der Waals surface area contributed by atoms with E-state index in [1.807, 2.05) is 48.5 Å². The molecule has 1 saturated heterocycles. The maximum atomic E-state index is 12.6. The Morgan fingerprint density at radius 1 is 1.22 bits per heavy atom. The average molecular weight is 442 g/mol. The number of carbonyl (C=O) groups excluding carboxylic acids is 2. The Morgan fingerprint density at radius 3 is 2.52 bits per heavy atom. The van der Waals surface area contributed by atoms with Crippen LogP contribution in [0.25, 0.3) is 0 Å². The number of thioether (sulfide) groups is 1. The van der Waals surface area contributed by atoms with Crippen LogP contribution in [0.2, 0.25) is 0 Å². The van der Waals surface area contributed by atoms with Crippen LogP contribution >= 0.6 is 27.7 Å². The summed E-state index contributed by atoms with van der Waals surface area (Å²) in [6, 6.07) is 18.6. The van der Waals surface area contributed by atoms with Gasteiger partial charge in [-0.25, -0.2) is 0 Å². The van der Waals surface area contributed by atoms with E-state index in [0.717, 1.165) is 10.0 Å². The lowest BCUT2D eigenvalue weighted by molar-refractivity contribution is -0.117. The third-order valence-electron chi connectivity index (χ3n) is 3.99. The first-order chi connectivity index (χ1) is 13.0. The maximum absolute atomic E-state index is 12.6. The number of carbonyl (C=O) groups is 2. The Hall–Kier alpha value is -2.56. The molecule has 0 saturated carbocycles. The molecule has 2 amide bonds. The van der Waals surface area contributed by atoms with E-state index >= 15 is 0 Å². The van der Waals surface area contributed by atoms with E-state index in [2.05, 4.69) is 21.2 Å². The van der Waals surface area contributed by atoms with E-state index in [0.29, 0.717) is 17.3 Å². The second-order valence-corrected chi connectivity index (χ2v) is 8.12. The van der Waals surface area contributed by atoms with E-state index in [4.69, 9.17) is 0 Å². The number of nitrogens with zero attached hydrogens (tertiary/aromatic N) is 2. The van der Waals surface area contributed by atoms with Gasteiger partial charge in [0, 0.05) is 16.7 Å². The van der Waals surface area contributed by atoms with Crippen LogP contribution in [0.15, 0.2) is 69.7 Å². The van der Waals surface area contributed by atoms with Crippen molar-refractivity contribution in [1.82, 2.24) is 5.32 Å². The highest BCUT2D eigenvalue weighted by atomic mass is 79.9. The molecule has 1 atom stereocenters. The molecule has 1 heterocycles. The SMILES string of the molecule is CC1S/C(=C(\C#N)C(=O)NCc2ccccc2)N(c2ccc(Br)cc2)C1=O. The summed E-state index contributed by atoms with van der Waals surface area (Å²) in [6.07, 6.45) is 0. The van der Waals surface area contributed by atoms with Crippen LogP contribution in [-0.4, -0.2) is 17.1 Å². The molecule has 7 heteroatoms. The highest BCUT2D eigenvalue weighted by Gasteiger charge is 2.38. The van der Waals surface area contributed by atoms with Crippen LogP contribution in [0.5, 0.6) is 0 Å². The molecule has 27 heavy (non-hydrogen) atoms. The molecular formula is C20H16BrN3O2S.